The fourth-order valence-corrected chi connectivity index (χ4v) is 3.15. The lowest BCUT2D eigenvalue weighted by atomic mass is 10.3. The van der Waals surface area contributed by atoms with E-state index in [1.807, 2.05) is 13.8 Å². The van der Waals surface area contributed by atoms with Crippen molar-refractivity contribution < 1.29 is 9.47 Å². The van der Waals surface area contributed by atoms with Crippen molar-refractivity contribution in [2.24, 2.45) is 0 Å². The smallest absolute Gasteiger partial charge is 0.204 e. The summed E-state index contributed by atoms with van der Waals surface area (Å²) in [6.07, 6.45) is 1.14. The normalized spacial score (nSPS) is 11.3. The zero-order chi connectivity index (χ0) is 15.4. The molecular weight excluding hydrogens is 381 g/mol. The first-order valence-electron chi connectivity index (χ1n) is 6.37. The summed E-state index contributed by atoms with van der Waals surface area (Å²) in [5.41, 5.74) is 1.13. The Morgan fingerprint density at radius 1 is 1.19 bits per heavy atom. The molecule has 0 aliphatic heterocycles. The molecule has 1 heterocycles. The van der Waals surface area contributed by atoms with Gasteiger partial charge in [-0.25, -0.2) is 4.68 Å². The van der Waals surface area contributed by atoms with Crippen LogP contribution in [0.3, 0.4) is 0 Å². The van der Waals surface area contributed by atoms with Crippen LogP contribution in [0.4, 0.5) is 0 Å². The van der Waals surface area contributed by atoms with Crippen LogP contribution in [0.2, 0.25) is 10.0 Å². The minimum absolute atomic E-state index is 0.468. The van der Waals surface area contributed by atoms with E-state index in [4.69, 9.17) is 32.7 Å². The van der Waals surface area contributed by atoms with Gasteiger partial charge in [-0.2, -0.15) is 0 Å². The molecule has 114 valence electrons. The molecule has 0 atom stereocenters. The van der Waals surface area contributed by atoms with Crippen molar-refractivity contribution in [2.45, 2.75) is 20.1 Å². The van der Waals surface area contributed by atoms with E-state index in [-0.39, 0.29) is 0 Å². The Morgan fingerprint density at radius 2 is 1.76 bits per heavy atom. The third kappa shape index (κ3) is 3.96. The summed E-state index contributed by atoms with van der Waals surface area (Å²) in [5.74, 6) is 0. The number of nitrogens with zero attached hydrogens (tertiary/aromatic N) is 3. The molecule has 2 rings (SSSR count). The summed E-state index contributed by atoms with van der Waals surface area (Å²) in [4.78, 5) is 0. The molecule has 0 aliphatic carbocycles. The summed E-state index contributed by atoms with van der Waals surface area (Å²) in [6, 6.07) is 3.49. The number of aromatic nitrogens is 3. The average Bonchev–Trinajstić information content (AvgIpc) is 2.86. The highest BCUT2D eigenvalue weighted by Crippen LogP contribution is 2.32. The minimum atomic E-state index is -0.554. The van der Waals surface area contributed by atoms with Gasteiger partial charge in [-0.3, -0.25) is 0 Å². The highest BCUT2D eigenvalue weighted by molar-refractivity contribution is 9.10. The number of halogens is 3. The second-order valence-corrected chi connectivity index (χ2v) is 5.78. The number of benzene rings is 1. The Kier molecular flexibility index (Phi) is 6.01. The predicted molar refractivity (Wildman–Crippen MR) is 85.1 cm³/mol. The Bertz CT molecular complexity index is 592. The first-order chi connectivity index (χ1) is 10.1. The van der Waals surface area contributed by atoms with Gasteiger partial charge >= 0.3 is 0 Å². The molecule has 0 spiro atoms. The van der Waals surface area contributed by atoms with Crippen molar-refractivity contribution in [3.8, 4) is 5.69 Å². The fourth-order valence-electron chi connectivity index (χ4n) is 1.77. The lowest BCUT2D eigenvalue weighted by Crippen LogP contribution is -2.09. The maximum absolute atomic E-state index is 6.21. The van der Waals surface area contributed by atoms with Gasteiger partial charge in [0.15, 0.2) is 0 Å². The molecule has 1 aromatic heterocycles. The molecule has 21 heavy (non-hydrogen) atoms. The number of rotatable bonds is 6. The molecule has 0 aliphatic rings. The van der Waals surface area contributed by atoms with Crippen LogP contribution in [0.15, 0.2) is 22.8 Å². The Hall–Kier alpha value is -0.660. The number of hydrogen-bond donors (Lipinski definition) is 0. The monoisotopic (exact) mass is 393 g/mol. The maximum Gasteiger partial charge on any atom is 0.204 e. The standard InChI is InChI=1S/C13H14BrCl2N3O2/c1-3-20-13(21-4-2)11-7-19(18-17-11)12-9(15)5-8(14)6-10(12)16/h5-7,13H,3-4H2,1-2H3. The van der Waals surface area contributed by atoms with Gasteiger partial charge in [-0.1, -0.05) is 44.3 Å². The van der Waals surface area contributed by atoms with E-state index >= 15 is 0 Å². The van der Waals surface area contributed by atoms with Crippen LogP contribution in [-0.2, 0) is 9.47 Å². The van der Waals surface area contributed by atoms with Crippen molar-refractivity contribution in [2.75, 3.05) is 13.2 Å². The van der Waals surface area contributed by atoms with Gasteiger partial charge in [0, 0.05) is 17.7 Å². The number of ether oxygens (including phenoxy) is 2. The SMILES string of the molecule is CCOC(OCC)c1cn(-c2c(Cl)cc(Br)cc2Cl)nn1. The quantitative estimate of drug-likeness (QED) is 0.681. The van der Waals surface area contributed by atoms with Crippen molar-refractivity contribution in [3.05, 3.63) is 38.5 Å². The Morgan fingerprint density at radius 3 is 2.29 bits per heavy atom. The van der Waals surface area contributed by atoms with Crippen LogP contribution in [-0.4, -0.2) is 28.2 Å². The highest BCUT2D eigenvalue weighted by atomic mass is 79.9. The van der Waals surface area contributed by atoms with Gasteiger partial charge < -0.3 is 9.47 Å². The van der Waals surface area contributed by atoms with Crippen LogP contribution in [0.5, 0.6) is 0 Å². The largest absolute Gasteiger partial charge is 0.347 e. The van der Waals surface area contributed by atoms with Crippen molar-refractivity contribution >= 4 is 39.1 Å². The molecule has 0 saturated heterocycles. The van der Waals surface area contributed by atoms with E-state index in [0.717, 1.165) is 4.47 Å². The molecule has 2 aromatic rings. The van der Waals surface area contributed by atoms with Crippen LogP contribution in [0, 0.1) is 0 Å². The van der Waals surface area contributed by atoms with Gasteiger partial charge in [-0.05, 0) is 26.0 Å². The summed E-state index contributed by atoms with van der Waals surface area (Å²) in [5, 5.41) is 9.05. The zero-order valence-corrected chi connectivity index (χ0v) is 14.6. The summed E-state index contributed by atoms with van der Waals surface area (Å²) in [6.45, 7) is 4.80. The molecule has 8 heteroatoms. The molecule has 0 radical (unpaired) electrons. The minimum Gasteiger partial charge on any atom is -0.347 e. The third-order valence-electron chi connectivity index (χ3n) is 2.60. The van der Waals surface area contributed by atoms with Crippen molar-refractivity contribution in [1.82, 2.24) is 15.0 Å². The zero-order valence-electron chi connectivity index (χ0n) is 11.5. The lowest BCUT2D eigenvalue weighted by molar-refractivity contribution is -0.142. The number of hydrogen-bond acceptors (Lipinski definition) is 4. The molecule has 0 bridgehead atoms. The van der Waals surface area contributed by atoms with Crippen molar-refractivity contribution in [3.63, 3.8) is 0 Å². The molecule has 1 aromatic carbocycles. The molecule has 5 nitrogen and oxygen atoms in total. The summed E-state index contributed by atoms with van der Waals surface area (Å²) < 4.78 is 13.3. The average molecular weight is 395 g/mol. The van der Waals surface area contributed by atoms with Crippen LogP contribution >= 0.6 is 39.1 Å². The van der Waals surface area contributed by atoms with E-state index in [0.29, 0.717) is 34.6 Å². The second-order valence-electron chi connectivity index (χ2n) is 4.05. The van der Waals surface area contributed by atoms with E-state index in [9.17, 15) is 0 Å². The topological polar surface area (TPSA) is 49.2 Å². The van der Waals surface area contributed by atoms with Gasteiger partial charge in [0.25, 0.3) is 0 Å². The predicted octanol–water partition coefficient (Wildman–Crippen LogP) is 4.41. The van der Waals surface area contributed by atoms with E-state index < -0.39 is 6.29 Å². The third-order valence-corrected chi connectivity index (χ3v) is 3.63. The summed E-state index contributed by atoms with van der Waals surface area (Å²) >= 11 is 15.8. The Labute approximate surface area is 141 Å². The van der Waals surface area contributed by atoms with Gasteiger partial charge in [0.05, 0.1) is 16.2 Å². The van der Waals surface area contributed by atoms with Crippen LogP contribution < -0.4 is 0 Å². The van der Waals surface area contributed by atoms with Crippen LogP contribution in [0.25, 0.3) is 5.69 Å². The molecule has 0 amide bonds. The molecule has 0 fully saturated rings. The Balaban J connectivity index is 2.35. The molecule has 0 N–H and O–H groups in total. The van der Waals surface area contributed by atoms with Gasteiger partial charge in [0.1, 0.15) is 11.4 Å². The molecular formula is C13H14BrCl2N3O2. The van der Waals surface area contributed by atoms with E-state index in [2.05, 4.69) is 26.2 Å². The lowest BCUT2D eigenvalue weighted by Gasteiger charge is -2.13. The van der Waals surface area contributed by atoms with E-state index in [1.165, 1.54) is 4.68 Å². The first kappa shape index (κ1) is 16.7. The molecule has 0 unspecified atom stereocenters. The van der Waals surface area contributed by atoms with E-state index in [1.54, 1.807) is 18.3 Å². The van der Waals surface area contributed by atoms with Crippen molar-refractivity contribution in [1.29, 1.82) is 0 Å². The second kappa shape index (κ2) is 7.56. The first-order valence-corrected chi connectivity index (χ1v) is 7.92. The van der Waals surface area contributed by atoms with Crippen LogP contribution in [0.1, 0.15) is 25.8 Å². The highest BCUT2D eigenvalue weighted by Gasteiger charge is 2.18. The summed E-state index contributed by atoms with van der Waals surface area (Å²) in [7, 11) is 0. The molecule has 0 saturated carbocycles. The van der Waals surface area contributed by atoms with Gasteiger partial charge in [-0.15, -0.1) is 5.10 Å². The van der Waals surface area contributed by atoms with Gasteiger partial charge in [0.2, 0.25) is 6.29 Å². The fraction of sp³-hybridized carbons (Fsp3) is 0.385. The maximum atomic E-state index is 6.21.